The molecule has 2 atom stereocenters. The quantitative estimate of drug-likeness (QED) is 0.835. The predicted molar refractivity (Wildman–Crippen MR) is 53.0 cm³/mol. The van der Waals surface area contributed by atoms with Crippen molar-refractivity contribution in [3.8, 4) is 0 Å². The molecule has 8 heteroatoms. The van der Waals surface area contributed by atoms with Gasteiger partial charge in [-0.15, -0.1) is 10.2 Å². The van der Waals surface area contributed by atoms with E-state index in [1.165, 1.54) is 6.92 Å². The highest BCUT2D eigenvalue weighted by atomic mass is 32.2. The third-order valence-electron chi connectivity index (χ3n) is 1.92. The first-order valence-electron chi connectivity index (χ1n) is 4.63. The van der Waals surface area contributed by atoms with Gasteiger partial charge in [-0.1, -0.05) is 18.7 Å². The van der Waals surface area contributed by atoms with Crippen LogP contribution in [0.2, 0.25) is 0 Å². The number of aryl methyl sites for hydroxylation is 1. The molecule has 1 aromatic rings. The highest BCUT2D eigenvalue weighted by Crippen LogP contribution is 2.36. The number of hydrogen-bond donors (Lipinski definition) is 1. The number of hydrogen-bond acceptors (Lipinski definition) is 5. The summed E-state index contributed by atoms with van der Waals surface area (Å²) in [5.41, 5.74) is 5.43. The van der Waals surface area contributed by atoms with E-state index in [2.05, 4.69) is 10.2 Å². The fourth-order valence-corrected chi connectivity index (χ4v) is 2.02. The lowest BCUT2D eigenvalue weighted by molar-refractivity contribution is -0.132. The number of halogens is 3. The third kappa shape index (κ3) is 3.38. The van der Waals surface area contributed by atoms with Crippen molar-refractivity contribution in [3.05, 3.63) is 5.89 Å². The van der Waals surface area contributed by atoms with Gasteiger partial charge in [-0.2, -0.15) is 13.2 Å². The molecule has 2 unspecified atom stereocenters. The largest absolute Gasteiger partial charge is 0.416 e. The molecule has 16 heavy (non-hydrogen) atoms. The first-order chi connectivity index (χ1) is 7.34. The zero-order valence-corrected chi connectivity index (χ0v) is 9.60. The molecule has 92 valence electrons. The molecule has 0 fully saturated rings. The van der Waals surface area contributed by atoms with Crippen LogP contribution in [0.25, 0.3) is 0 Å². The van der Waals surface area contributed by atoms with E-state index in [-0.39, 0.29) is 17.5 Å². The Balaban J connectivity index is 2.79. The van der Waals surface area contributed by atoms with Gasteiger partial charge in [0, 0.05) is 13.0 Å². The number of aromatic nitrogens is 2. The molecule has 1 rings (SSSR count). The lowest BCUT2D eigenvalue weighted by Crippen LogP contribution is -2.42. The second kappa shape index (κ2) is 5.05. The van der Waals surface area contributed by atoms with E-state index in [0.29, 0.717) is 11.8 Å². The zero-order valence-electron chi connectivity index (χ0n) is 8.78. The Hall–Kier alpha value is -0.760. The van der Waals surface area contributed by atoms with Crippen LogP contribution in [-0.2, 0) is 0 Å². The summed E-state index contributed by atoms with van der Waals surface area (Å²) in [6.07, 6.45) is -4.16. The monoisotopic (exact) mass is 255 g/mol. The van der Waals surface area contributed by atoms with Gasteiger partial charge >= 0.3 is 6.18 Å². The molecule has 0 aromatic carbocycles. The van der Waals surface area contributed by atoms with Gasteiger partial charge in [0.25, 0.3) is 5.22 Å². The van der Waals surface area contributed by atoms with Gasteiger partial charge in [-0.3, -0.25) is 0 Å². The van der Waals surface area contributed by atoms with Crippen molar-refractivity contribution in [3.63, 3.8) is 0 Å². The molecule has 4 nitrogen and oxygen atoms in total. The molecule has 0 amide bonds. The van der Waals surface area contributed by atoms with Crippen LogP contribution in [0.15, 0.2) is 9.64 Å². The Bertz CT molecular complexity index is 342. The minimum Gasteiger partial charge on any atom is -0.416 e. The average molecular weight is 255 g/mol. The maximum absolute atomic E-state index is 12.7. The van der Waals surface area contributed by atoms with Crippen LogP contribution >= 0.6 is 11.8 Å². The first kappa shape index (κ1) is 13.3. The molecule has 0 aliphatic heterocycles. The Labute approximate surface area is 94.8 Å². The number of nitrogens with two attached hydrogens (primary N) is 1. The average Bonchev–Trinajstić information content (AvgIpc) is 2.57. The van der Waals surface area contributed by atoms with Crippen LogP contribution in [0.5, 0.6) is 0 Å². The van der Waals surface area contributed by atoms with Crippen LogP contribution in [-0.4, -0.2) is 27.7 Å². The SMILES string of the molecule is CCC(N)C(Sc1nnc(C)o1)C(F)(F)F. The first-order valence-corrected chi connectivity index (χ1v) is 5.51. The van der Waals surface area contributed by atoms with E-state index >= 15 is 0 Å². The summed E-state index contributed by atoms with van der Waals surface area (Å²) < 4.78 is 42.9. The number of alkyl halides is 3. The van der Waals surface area contributed by atoms with Gasteiger partial charge in [0.2, 0.25) is 5.89 Å². The standard InChI is InChI=1S/C8H12F3N3OS/c1-3-5(12)6(8(9,10)11)16-7-14-13-4(2)15-7/h5-6H,3,12H2,1-2H3. The number of nitrogens with zero attached hydrogens (tertiary/aromatic N) is 2. The minimum absolute atomic E-state index is 0.108. The smallest absolute Gasteiger partial charge is 0.402 e. The van der Waals surface area contributed by atoms with Gasteiger partial charge in [0.15, 0.2) is 0 Å². The van der Waals surface area contributed by atoms with Crippen LogP contribution in [0, 0.1) is 6.92 Å². The van der Waals surface area contributed by atoms with Crippen molar-refractivity contribution in [2.45, 2.75) is 43.0 Å². The van der Waals surface area contributed by atoms with E-state index in [0.717, 1.165) is 0 Å². The maximum atomic E-state index is 12.7. The molecule has 2 N–H and O–H groups in total. The Kier molecular flexibility index (Phi) is 4.20. The third-order valence-corrected chi connectivity index (χ3v) is 3.16. The summed E-state index contributed by atoms with van der Waals surface area (Å²) in [5.74, 6) is 0.230. The van der Waals surface area contributed by atoms with Gasteiger partial charge in [-0.25, -0.2) is 0 Å². The topological polar surface area (TPSA) is 64.9 Å². The molecule has 0 spiro atoms. The molecule has 1 aromatic heterocycles. The van der Waals surface area contributed by atoms with Crippen LogP contribution in [0.1, 0.15) is 19.2 Å². The van der Waals surface area contributed by atoms with Gasteiger partial charge < -0.3 is 10.2 Å². The Morgan fingerprint density at radius 2 is 2.06 bits per heavy atom. The zero-order chi connectivity index (χ0) is 12.3. The number of rotatable bonds is 4. The van der Waals surface area contributed by atoms with E-state index < -0.39 is 17.5 Å². The highest BCUT2D eigenvalue weighted by Gasteiger charge is 2.44. The lowest BCUT2D eigenvalue weighted by atomic mass is 10.1. The number of thioether (sulfide) groups is 1. The second-order valence-electron chi connectivity index (χ2n) is 3.24. The van der Waals surface area contributed by atoms with E-state index in [1.54, 1.807) is 6.92 Å². The molecule has 0 saturated heterocycles. The molecule has 0 radical (unpaired) electrons. The van der Waals surface area contributed by atoms with E-state index in [4.69, 9.17) is 10.2 Å². The van der Waals surface area contributed by atoms with Crippen molar-refractivity contribution in [2.24, 2.45) is 5.73 Å². The van der Waals surface area contributed by atoms with Crippen molar-refractivity contribution in [1.82, 2.24) is 10.2 Å². The Morgan fingerprint density at radius 3 is 2.44 bits per heavy atom. The predicted octanol–water partition coefficient (Wildman–Crippen LogP) is 2.14. The Morgan fingerprint density at radius 1 is 1.44 bits per heavy atom. The van der Waals surface area contributed by atoms with Crippen molar-refractivity contribution in [1.29, 1.82) is 0 Å². The summed E-state index contributed by atoms with van der Waals surface area (Å²) in [6.45, 7) is 3.11. The summed E-state index contributed by atoms with van der Waals surface area (Å²) in [6, 6.07) is -0.989. The molecular formula is C8H12F3N3OS. The summed E-state index contributed by atoms with van der Waals surface area (Å²) >= 11 is 0.459. The summed E-state index contributed by atoms with van der Waals surface area (Å²) in [4.78, 5) is 0. The second-order valence-corrected chi connectivity index (χ2v) is 4.33. The summed E-state index contributed by atoms with van der Waals surface area (Å²) in [5, 5.41) is 5.14. The fraction of sp³-hybridized carbons (Fsp3) is 0.750. The van der Waals surface area contributed by atoms with Crippen LogP contribution in [0.4, 0.5) is 13.2 Å². The van der Waals surface area contributed by atoms with Crippen LogP contribution in [0.3, 0.4) is 0 Å². The minimum atomic E-state index is -4.39. The van der Waals surface area contributed by atoms with Gasteiger partial charge in [0.05, 0.1) is 0 Å². The molecular weight excluding hydrogens is 243 g/mol. The van der Waals surface area contributed by atoms with Gasteiger partial charge in [-0.05, 0) is 6.42 Å². The molecule has 1 heterocycles. The molecule has 0 aliphatic rings. The summed E-state index contributed by atoms with van der Waals surface area (Å²) in [7, 11) is 0. The van der Waals surface area contributed by atoms with E-state index in [1.807, 2.05) is 0 Å². The molecule has 0 aliphatic carbocycles. The van der Waals surface area contributed by atoms with E-state index in [9.17, 15) is 13.2 Å². The van der Waals surface area contributed by atoms with Crippen LogP contribution < -0.4 is 5.73 Å². The highest BCUT2D eigenvalue weighted by molar-refractivity contribution is 7.99. The lowest BCUT2D eigenvalue weighted by Gasteiger charge is -2.23. The normalized spacial score (nSPS) is 16.1. The van der Waals surface area contributed by atoms with Crippen molar-refractivity contribution >= 4 is 11.8 Å². The molecule has 0 saturated carbocycles. The van der Waals surface area contributed by atoms with Crippen molar-refractivity contribution in [2.75, 3.05) is 0 Å². The van der Waals surface area contributed by atoms with Gasteiger partial charge in [0.1, 0.15) is 5.25 Å². The van der Waals surface area contributed by atoms with Crippen molar-refractivity contribution < 1.29 is 17.6 Å². The molecule has 0 bridgehead atoms. The fourth-order valence-electron chi connectivity index (χ4n) is 1.05. The maximum Gasteiger partial charge on any atom is 0.402 e.